The highest BCUT2D eigenvalue weighted by Gasteiger charge is 2.19. The van der Waals surface area contributed by atoms with Crippen LogP contribution in [0, 0.1) is 9.49 Å². The van der Waals surface area contributed by atoms with E-state index < -0.39 is 6.04 Å². The van der Waals surface area contributed by atoms with Crippen molar-refractivity contribution < 1.29 is 4.79 Å². The van der Waals surface area contributed by atoms with E-state index in [0.717, 1.165) is 15.7 Å². The lowest BCUT2D eigenvalue weighted by Gasteiger charge is -2.18. The van der Waals surface area contributed by atoms with E-state index in [1.165, 1.54) is 0 Å². The second-order valence-corrected chi connectivity index (χ2v) is 5.04. The summed E-state index contributed by atoms with van der Waals surface area (Å²) >= 11 is 2.19. The Bertz CT molecular complexity index is 368. The maximum atomic E-state index is 11.8. The third-order valence-corrected chi connectivity index (χ3v) is 3.63. The Morgan fingerprint density at radius 2 is 2.12 bits per heavy atom. The monoisotopic (exact) mass is 332 g/mol. The van der Waals surface area contributed by atoms with Crippen LogP contribution in [-0.4, -0.2) is 11.9 Å². The molecule has 0 aliphatic carbocycles. The van der Waals surface area contributed by atoms with Crippen molar-refractivity contribution in [3.63, 3.8) is 0 Å². The molecule has 0 heterocycles. The number of anilines is 1. The Balaban J connectivity index is 2.68. The number of hydrogen-bond donors (Lipinski definition) is 2. The molecular weight excluding hydrogens is 315 g/mol. The molecule has 0 aliphatic heterocycles. The minimum atomic E-state index is -0.444. The van der Waals surface area contributed by atoms with Gasteiger partial charge in [-0.3, -0.25) is 4.79 Å². The first-order valence-corrected chi connectivity index (χ1v) is 6.45. The van der Waals surface area contributed by atoms with Crippen LogP contribution in [0.4, 0.5) is 5.69 Å². The Morgan fingerprint density at radius 1 is 1.50 bits per heavy atom. The van der Waals surface area contributed by atoms with Gasteiger partial charge in [0.2, 0.25) is 5.91 Å². The van der Waals surface area contributed by atoms with Gasteiger partial charge in [0.05, 0.1) is 11.7 Å². The van der Waals surface area contributed by atoms with Gasteiger partial charge in [0.15, 0.2) is 0 Å². The molecule has 0 bridgehead atoms. The lowest BCUT2D eigenvalue weighted by atomic mass is 9.99. The number of amides is 1. The molecule has 0 saturated carbocycles. The summed E-state index contributed by atoms with van der Waals surface area (Å²) in [6.45, 7) is 4.02. The van der Waals surface area contributed by atoms with Gasteiger partial charge in [-0.1, -0.05) is 32.4 Å². The van der Waals surface area contributed by atoms with Crippen molar-refractivity contribution >= 4 is 34.2 Å². The van der Waals surface area contributed by atoms with Gasteiger partial charge >= 0.3 is 0 Å². The molecule has 1 rings (SSSR count). The summed E-state index contributed by atoms with van der Waals surface area (Å²) in [7, 11) is 0. The summed E-state index contributed by atoms with van der Waals surface area (Å²) in [4.78, 5) is 11.8. The van der Waals surface area contributed by atoms with Crippen LogP contribution in [0.25, 0.3) is 0 Å². The normalized spacial score (nSPS) is 14.2. The van der Waals surface area contributed by atoms with E-state index >= 15 is 0 Å². The molecule has 0 saturated heterocycles. The first-order valence-electron chi connectivity index (χ1n) is 5.37. The number of benzene rings is 1. The Hall–Kier alpha value is -0.620. The van der Waals surface area contributed by atoms with Gasteiger partial charge in [0, 0.05) is 3.57 Å². The van der Waals surface area contributed by atoms with E-state index in [1.54, 1.807) is 0 Å². The summed E-state index contributed by atoms with van der Waals surface area (Å²) in [6.07, 6.45) is 0.903. The fourth-order valence-corrected chi connectivity index (χ4v) is 1.81. The molecular formula is C12H17IN2O. The van der Waals surface area contributed by atoms with Crippen LogP contribution in [0.2, 0.25) is 0 Å². The molecule has 0 unspecified atom stereocenters. The zero-order valence-electron chi connectivity index (χ0n) is 9.53. The van der Waals surface area contributed by atoms with Gasteiger partial charge in [-0.15, -0.1) is 0 Å². The zero-order valence-corrected chi connectivity index (χ0v) is 11.7. The van der Waals surface area contributed by atoms with Crippen LogP contribution in [-0.2, 0) is 4.79 Å². The van der Waals surface area contributed by atoms with Gasteiger partial charge in [0.25, 0.3) is 0 Å². The summed E-state index contributed by atoms with van der Waals surface area (Å²) in [6, 6.07) is 7.22. The topological polar surface area (TPSA) is 55.1 Å². The van der Waals surface area contributed by atoms with Gasteiger partial charge in [-0.2, -0.15) is 0 Å². The average molecular weight is 332 g/mol. The van der Waals surface area contributed by atoms with Crippen molar-refractivity contribution in [1.82, 2.24) is 0 Å². The standard InChI is InChI=1S/C12H17IN2O/c1-3-8(2)11(14)12(16)15-10-7-5-4-6-9(10)13/h4-8,11H,3,14H2,1-2H3,(H,15,16)/t8-,11-/m0/s1. The second kappa shape index (κ2) is 6.20. The molecule has 1 amide bonds. The smallest absolute Gasteiger partial charge is 0.241 e. The molecule has 0 aromatic heterocycles. The predicted octanol–water partition coefficient (Wildman–Crippen LogP) is 2.60. The Morgan fingerprint density at radius 3 is 2.69 bits per heavy atom. The second-order valence-electron chi connectivity index (χ2n) is 3.88. The molecule has 2 atom stereocenters. The number of rotatable bonds is 4. The van der Waals surface area contributed by atoms with Crippen molar-refractivity contribution in [3.8, 4) is 0 Å². The van der Waals surface area contributed by atoms with Crippen molar-refractivity contribution in [2.45, 2.75) is 26.3 Å². The van der Waals surface area contributed by atoms with Crippen LogP contribution < -0.4 is 11.1 Å². The molecule has 0 spiro atoms. The summed E-state index contributed by atoms with van der Waals surface area (Å²) in [5.74, 6) is 0.0832. The van der Waals surface area contributed by atoms with Crippen LogP contribution in [0.5, 0.6) is 0 Å². The van der Waals surface area contributed by atoms with Crippen molar-refractivity contribution in [2.24, 2.45) is 11.7 Å². The van der Waals surface area contributed by atoms with E-state index in [0.29, 0.717) is 0 Å². The largest absolute Gasteiger partial charge is 0.324 e. The Labute approximate surface area is 110 Å². The number of nitrogens with two attached hydrogens (primary N) is 1. The molecule has 88 valence electrons. The molecule has 0 radical (unpaired) electrons. The molecule has 3 N–H and O–H groups in total. The highest BCUT2D eigenvalue weighted by atomic mass is 127. The predicted molar refractivity (Wildman–Crippen MR) is 75.2 cm³/mol. The van der Waals surface area contributed by atoms with Crippen molar-refractivity contribution in [3.05, 3.63) is 27.8 Å². The maximum Gasteiger partial charge on any atom is 0.241 e. The number of nitrogens with one attached hydrogen (secondary N) is 1. The third kappa shape index (κ3) is 3.45. The molecule has 16 heavy (non-hydrogen) atoms. The molecule has 1 aromatic carbocycles. The third-order valence-electron chi connectivity index (χ3n) is 2.69. The minimum absolute atomic E-state index is 0.113. The fourth-order valence-electron chi connectivity index (χ4n) is 1.29. The Kier molecular flexibility index (Phi) is 5.21. The van der Waals surface area contributed by atoms with Crippen LogP contribution in [0.3, 0.4) is 0 Å². The number of halogens is 1. The quantitative estimate of drug-likeness (QED) is 0.833. The molecule has 1 aromatic rings. The van der Waals surface area contributed by atoms with Crippen LogP contribution in [0.1, 0.15) is 20.3 Å². The van der Waals surface area contributed by atoms with Gasteiger partial charge in [-0.05, 0) is 40.6 Å². The lowest BCUT2D eigenvalue weighted by molar-refractivity contribution is -0.118. The number of para-hydroxylation sites is 1. The van der Waals surface area contributed by atoms with E-state index in [2.05, 4.69) is 27.9 Å². The highest BCUT2D eigenvalue weighted by molar-refractivity contribution is 14.1. The first kappa shape index (κ1) is 13.4. The lowest BCUT2D eigenvalue weighted by Crippen LogP contribution is -2.40. The van der Waals surface area contributed by atoms with Crippen LogP contribution >= 0.6 is 22.6 Å². The number of carbonyl (C=O) groups excluding carboxylic acids is 1. The molecule has 0 fully saturated rings. The SMILES string of the molecule is CC[C@H](C)[C@H](N)C(=O)Nc1ccccc1I. The number of hydrogen-bond acceptors (Lipinski definition) is 2. The van der Waals surface area contributed by atoms with E-state index in [-0.39, 0.29) is 11.8 Å². The summed E-state index contributed by atoms with van der Waals surface area (Å²) < 4.78 is 1.02. The molecule has 4 heteroatoms. The van der Waals surface area contributed by atoms with Gasteiger partial charge < -0.3 is 11.1 Å². The molecule has 0 aliphatic rings. The zero-order chi connectivity index (χ0) is 12.1. The summed E-state index contributed by atoms with van der Waals surface area (Å²) in [5, 5.41) is 2.85. The minimum Gasteiger partial charge on any atom is -0.324 e. The highest BCUT2D eigenvalue weighted by Crippen LogP contribution is 2.17. The van der Waals surface area contributed by atoms with Crippen molar-refractivity contribution in [1.29, 1.82) is 0 Å². The number of carbonyl (C=O) groups is 1. The van der Waals surface area contributed by atoms with Gasteiger partial charge in [0.1, 0.15) is 0 Å². The van der Waals surface area contributed by atoms with Crippen LogP contribution in [0.15, 0.2) is 24.3 Å². The van der Waals surface area contributed by atoms with E-state index in [4.69, 9.17) is 5.73 Å². The van der Waals surface area contributed by atoms with E-state index in [9.17, 15) is 4.79 Å². The molecule has 3 nitrogen and oxygen atoms in total. The fraction of sp³-hybridized carbons (Fsp3) is 0.417. The average Bonchev–Trinajstić information content (AvgIpc) is 2.30. The van der Waals surface area contributed by atoms with E-state index in [1.807, 2.05) is 38.1 Å². The van der Waals surface area contributed by atoms with Gasteiger partial charge in [-0.25, -0.2) is 0 Å². The maximum absolute atomic E-state index is 11.8. The summed E-state index contributed by atoms with van der Waals surface area (Å²) in [5.41, 5.74) is 6.68. The van der Waals surface area contributed by atoms with Crippen molar-refractivity contribution in [2.75, 3.05) is 5.32 Å². The first-order chi connectivity index (χ1) is 7.56.